The van der Waals surface area contributed by atoms with Crippen molar-refractivity contribution < 1.29 is 9.18 Å². The molecule has 0 unspecified atom stereocenters. The molecule has 6 heteroatoms. The predicted molar refractivity (Wildman–Crippen MR) is 73.4 cm³/mol. The minimum atomic E-state index is -0.269. The zero-order valence-electron chi connectivity index (χ0n) is 10.6. The van der Waals surface area contributed by atoms with E-state index in [-0.39, 0.29) is 11.7 Å². The minimum absolute atomic E-state index is 0.0531. The molecule has 1 aliphatic heterocycles. The Kier molecular flexibility index (Phi) is 3.64. The lowest BCUT2D eigenvalue weighted by Gasteiger charge is -2.14. The SMILES string of the molecule is O=C(CSc1ccc(F)cc1)N1Cc2cncnc2C1. The fourth-order valence-electron chi connectivity index (χ4n) is 2.04. The third-order valence-electron chi connectivity index (χ3n) is 3.11. The van der Waals surface area contributed by atoms with E-state index in [4.69, 9.17) is 0 Å². The number of amides is 1. The summed E-state index contributed by atoms with van der Waals surface area (Å²) in [6, 6.07) is 6.15. The number of fused-ring (bicyclic) bond motifs is 1. The number of halogens is 1. The Hall–Kier alpha value is -1.95. The van der Waals surface area contributed by atoms with Crippen molar-refractivity contribution in [1.29, 1.82) is 0 Å². The maximum Gasteiger partial charge on any atom is 0.233 e. The molecule has 3 rings (SSSR count). The Morgan fingerprint density at radius 1 is 1.30 bits per heavy atom. The van der Waals surface area contributed by atoms with Gasteiger partial charge in [0.2, 0.25) is 5.91 Å². The Morgan fingerprint density at radius 3 is 2.85 bits per heavy atom. The van der Waals surface area contributed by atoms with Crippen molar-refractivity contribution in [1.82, 2.24) is 14.9 Å². The first-order valence-corrected chi connectivity index (χ1v) is 7.15. The van der Waals surface area contributed by atoms with Crippen molar-refractivity contribution in [3.63, 3.8) is 0 Å². The minimum Gasteiger partial charge on any atom is -0.332 e. The average Bonchev–Trinajstić information content (AvgIpc) is 2.90. The van der Waals surface area contributed by atoms with Gasteiger partial charge in [0.25, 0.3) is 0 Å². The Morgan fingerprint density at radius 2 is 2.10 bits per heavy atom. The average molecular weight is 289 g/mol. The van der Waals surface area contributed by atoms with Gasteiger partial charge in [0, 0.05) is 23.2 Å². The number of carbonyl (C=O) groups is 1. The molecule has 2 aromatic rings. The highest BCUT2D eigenvalue weighted by Gasteiger charge is 2.24. The molecule has 0 N–H and O–H groups in total. The van der Waals surface area contributed by atoms with Crippen molar-refractivity contribution >= 4 is 17.7 Å². The zero-order chi connectivity index (χ0) is 13.9. The molecule has 1 aliphatic rings. The largest absolute Gasteiger partial charge is 0.332 e. The molecule has 0 atom stereocenters. The second-order valence-corrected chi connectivity index (χ2v) is 5.54. The fourth-order valence-corrected chi connectivity index (χ4v) is 2.85. The van der Waals surface area contributed by atoms with Crippen LogP contribution in [-0.2, 0) is 17.9 Å². The number of rotatable bonds is 3. The van der Waals surface area contributed by atoms with Crippen LogP contribution in [0.25, 0.3) is 0 Å². The molecule has 2 heterocycles. The molecular weight excluding hydrogens is 277 g/mol. The van der Waals surface area contributed by atoms with Crippen LogP contribution < -0.4 is 0 Å². The van der Waals surface area contributed by atoms with E-state index >= 15 is 0 Å². The zero-order valence-corrected chi connectivity index (χ0v) is 11.4. The van der Waals surface area contributed by atoms with E-state index in [0.717, 1.165) is 16.2 Å². The number of carbonyl (C=O) groups excluding carboxylic acids is 1. The highest BCUT2D eigenvalue weighted by Crippen LogP contribution is 2.23. The van der Waals surface area contributed by atoms with Crippen LogP contribution in [0.3, 0.4) is 0 Å². The van der Waals surface area contributed by atoms with E-state index in [2.05, 4.69) is 9.97 Å². The van der Waals surface area contributed by atoms with Gasteiger partial charge in [-0.2, -0.15) is 0 Å². The molecule has 0 spiro atoms. The fraction of sp³-hybridized carbons (Fsp3) is 0.214. The normalized spacial score (nSPS) is 13.3. The monoisotopic (exact) mass is 289 g/mol. The topological polar surface area (TPSA) is 46.1 Å². The molecule has 0 saturated carbocycles. The lowest BCUT2D eigenvalue weighted by Crippen LogP contribution is -2.27. The number of hydrogen-bond donors (Lipinski definition) is 0. The first kappa shape index (κ1) is 13.1. The van der Waals surface area contributed by atoms with E-state index < -0.39 is 0 Å². The van der Waals surface area contributed by atoms with E-state index in [1.807, 2.05) is 0 Å². The summed E-state index contributed by atoms with van der Waals surface area (Å²) >= 11 is 1.41. The first-order chi connectivity index (χ1) is 9.72. The molecule has 1 aromatic carbocycles. The van der Waals surface area contributed by atoms with E-state index in [9.17, 15) is 9.18 Å². The highest BCUT2D eigenvalue weighted by molar-refractivity contribution is 8.00. The predicted octanol–water partition coefficient (Wildman–Crippen LogP) is 2.25. The van der Waals surface area contributed by atoms with Crippen LogP contribution in [0, 0.1) is 5.82 Å². The van der Waals surface area contributed by atoms with Crippen LogP contribution in [-0.4, -0.2) is 26.5 Å². The Bertz CT molecular complexity index is 608. The van der Waals surface area contributed by atoms with E-state index in [1.54, 1.807) is 23.2 Å². The summed E-state index contributed by atoms with van der Waals surface area (Å²) in [7, 11) is 0. The number of aromatic nitrogens is 2. The summed E-state index contributed by atoms with van der Waals surface area (Å²) in [5, 5.41) is 0. The van der Waals surface area contributed by atoms with Crippen LogP contribution in [0.4, 0.5) is 4.39 Å². The number of benzene rings is 1. The summed E-state index contributed by atoms with van der Waals surface area (Å²) in [6.07, 6.45) is 3.25. The van der Waals surface area contributed by atoms with Gasteiger partial charge in [-0.25, -0.2) is 14.4 Å². The molecule has 1 amide bonds. The van der Waals surface area contributed by atoms with Crippen LogP contribution in [0.2, 0.25) is 0 Å². The molecule has 0 bridgehead atoms. The summed E-state index contributed by atoms with van der Waals surface area (Å²) in [4.78, 5) is 22.9. The van der Waals surface area contributed by atoms with Crippen molar-refractivity contribution in [2.75, 3.05) is 5.75 Å². The number of hydrogen-bond acceptors (Lipinski definition) is 4. The number of nitrogens with zero attached hydrogens (tertiary/aromatic N) is 3. The van der Waals surface area contributed by atoms with Gasteiger partial charge in [0.1, 0.15) is 12.1 Å². The van der Waals surface area contributed by atoms with Crippen molar-refractivity contribution in [3.8, 4) is 0 Å². The number of thioether (sulfide) groups is 1. The third-order valence-corrected chi connectivity index (χ3v) is 4.11. The van der Waals surface area contributed by atoms with Gasteiger partial charge in [-0.15, -0.1) is 11.8 Å². The summed E-state index contributed by atoms with van der Waals surface area (Å²) < 4.78 is 12.8. The van der Waals surface area contributed by atoms with Crippen molar-refractivity contribution in [2.24, 2.45) is 0 Å². The van der Waals surface area contributed by atoms with Crippen LogP contribution in [0.15, 0.2) is 41.7 Å². The van der Waals surface area contributed by atoms with Gasteiger partial charge in [-0.3, -0.25) is 4.79 Å². The van der Waals surface area contributed by atoms with Gasteiger partial charge in [-0.1, -0.05) is 0 Å². The van der Waals surface area contributed by atoms with Gasteiger partial charge in [0.15, 0.2) is 0 Å². The Labute approximate surface area is 120 Å². The molecule has 20 heavy (non-hydrogen) atoms. The molecule has 1 aromatic heterocycles. The summed E-state index contributed by atoms with van der Waals surface area (Å²) in [5.41, 5.74) is 1.92. The quantitative estimate of drug-likeness (QED) is 0.813. The third kappa shape index (κ3) is 2.80. The van der Waals surface area contributed by atoms with Gasteiger partial charge in [0.05, 0.1) is 18.0 Å². The maximum absolute atomic E-state index is 12.8. The van der Waals surface area contributed by atoms with Crippen molar-refractivity contribution in [3.05, 3.63) is 53.9 Å². The second-order valence-electron chi connectivity index (χ2n) is 4.49. The second kappa shape index (κ2) is 5.58. The van der Waals surface area contributed by atoms with Crippen LogP contribution in [0.1, 0.15) is 11.3 Å². The molecule has 0 radical (unpaired) electrons. The first-order valence-electron chi connectivity index (χ1n) is 6.16. The molecule has 102 valence electrons. The Balaban J connectivity index is 1.57. The molecule has 0 fully saturated rings. The smallest absolute Gasteiger partial charge is 0.233 e. The van der Waals surface area contributed by atoms with Crippen LogP contribution in [0.5, 0.6) is 0 Å². The van der Waals surface area contributed by atoms with Gasteiger partial charge < -0.3 is 4.90 Å². The maximum atomic E-state index is 12.8. The molecule has 4 nitrogen and oxygen atoms in total. The van der Waals surface area contributed by atoms with Crippen LogP contribution >= 0.6 is 11.8 Å². The molecule has 0 saturated heterocycles. The molecule has 0 aliphatic carbocycles. The highest BCUT2D eigenvalue weighted by atomic mass is 32.2. The van der Waals surface area contributed by atoms with Crippen molar-refractivity contribution in [2.45, 2.75) is 18.0 Å². The lowest BCUT2D eigenvalue weighted by molar-refractivity contribution is -0.128. The molecular formula is C14H12FN3OS. The lowest BCUT2D eigenvalue weighted by atomic mass is 10.3. The van der Waals surface area contributed by atoms with Gasteiger partial charge in [-0.05, 0) is 24.3 Å². The van der Waals surface area contributed by atoms with E-state index in [1.165, 1.54) is 30.2 Å². The van der Waals surface area contributed by atoms with E-state index in [0.29, 0.717) is 18.8 Å². The summed E-state index contributed by atoms with van der Waals surface area (Å²) in [5.74, 6) is 0.124. The van der Waals surface area contributed by atoms with Gasteiger partial charge >= 0.3 is 0 Å². The summed E-state index contributed by atoms with van der Waals surface area (Å²) in [6.45, 7) is 1.11. The standard InChI is InChI=1S/C14H12FN3OS/c15-11-1-3-12(4-2-11)20-8-14(19)18-6-10-5-16-9-17-13(10)7-18/h1-5,9H,6-8H2.